The molecule has 152 valence electrons. The zero-order valence-corrected chi connectivity index (χ0v) is 16.2. The summed E-state index contributed by atoms with van der Waals surface area (Å²) >= 11 is 0. The minimum Gasteiger partial charge on any atom is -0.465 e. The van der Waals surface area contributed by atoms with Crippen LogP contribution in [0.4, 0.5) is 0 Å². The molecule has 6 nitrogen and oxygen atoms in total. The molecule has 6 atom stereocenters. The number of ketones is 2. The van der Waals surface area contributed by atoms with Crippen molar-refractivity contribution in [3.63, 3.8) is 0 Å². The zero-order valence-electron chi connectivity index (χ0n) is 16.2. The quantitative estimate of drug-likeness (QED) is 0.593. The first kappa shape index (κ1) is 18.3. The number of carbonyl (C=O) groups excluding carboxylic acids is 4. The van der Waals surface area contributed by atoms with Crippen LogP contribution in [0.15, 0.2) is 0 Å². The lowest BCUT2D eigenvalue weighted by atomic mass is 9.46. The second kappa shape index (κ2) is 6.39. The van der Waals surface area contributed by atoms with E-state index in [4.69, 9.17) is 9.47 Å². The van der Waals surface area contributed by atoms with Crippen LogP contribution in [0.3, 0.4) is 0 Å². The number of rotatable bonds is 0. The molecule has 0 aromatic rings. The van der Waals surface area contributed by atoms with E-state index in [-0.39, 0.29) is 60.4 Å². The Morgan fingerprint density at radius 2 is 1.54 bits per heavy atom. The molecule has 0 N–H and O–H groups in total. The summed E-state index contributed by atoms with van der Waals surface area (Å²) in [7, 11) is 0. The van der Waals surface area contributed by atoms with Gasteiger partial charge in [-0.15, -0.1) is 0 Å². The highest BCUT2D eigenvalue weighted by Gasteiger charge is 2.65. The predicted octanol–water partition coefficient (Wildman–Crippen LogP) is 2.62. The summed E-state index contributed by atoms with van der Waals surface area (Å²) in [6, 6.07) is 0. The summed E-state index contributed by atoms with van der Waals surface area (Å²) in [5, 5.41) is 0. The highest BCUT2D eigenvalue weighted by Crippen LogP contribution is 2.62. The van der Waals surface area contributed by atoms with Gasteiger partial charge in [-0.25, -0.2) is 0 Å². The van der Waals surface area contributed by atoms with Crippen molar-refractivity contribution in [3.8, 4) is 0 Å². The van der Waals surface area contributed by atoms with Crippen molar-refractivity contribution in [1.29, 1.82) is 0 Å². The Balaban J connectivity index is 1.39. The lowest BCUT2D eigenvalue weighted by Gasteiger charge is -2.55. The average molecular weight is 388 g/mol. The SMILES string of the molecule is O=C1CCC[C@@]23C[C@@H](CCOC(=O)[C@@]45CCCC(=O)[C@@H]4C[C@H]5CCOC2=O)[C@H]13. The smallest absolute Gasteiger partial charge is 0.313 e. The van der Waals surface area contributed by atoms with Crippen molar-refractivity contribution < 1.29 is 28.7 Å². The fraction of sp³-hybridized carbons (Fsp3) is 0.818. The maximum atomic E-state index is 13.1. The van der Waals surface area contributed by atoms with Crippen LogP contribution in [0, 0.1) is 34.5 Å². The third-order valence-electron chi connectivity index (χ3n) is 8.57. The van der Waals surface area contributed by atoms with Crippen LogP contribution in [0.1, 0.15) is 64.2 Å². The fourth-order valence-electron chi connectivity index (χ4n) is 7.16. The highest BCUT2D eigenvalue weighted by molar-refractivity contribution is 5.93. The Bertz CT molecular complexity index is 743. The van der Waals surface area contributed by atoms with Crippen LogP contribution < -0.4 is 0 Å². The topological polar surface area (TPSA) is 86.7 Å². The molecule has 5 aliphatic rings. The van der Waals surface area contributed by atoms with Gasteiger partial charge in [0.25, 0.3) is 0 Å². The maximum Gasteiger partial charge on any atom is 0.313 e. The van der Waals surface area contributed by atoms with Crippen molar-refractivity contribution in [2.45, 2.75) is 64.2 Å². The van der Waals surface area contributed by atoms with E-state index < -0.39 is 10.8 Å². The van der Waals surface area contributed by atoms with Gasteiger partial charge in [-0.1, -0.05) is 0 Å². The first-order valence-corrected chi connectivity index (χ1v) is 10.9. The molecule has 0 aromatic heterocycles. The predicted molar refractivity (Wildman–Crippen MR) is 96.9 cm³/mol. The zero-order chi connectivity index (χ0) is 19.5. The van der Waals surface area contributed by atoms with Gasteiger partial charge >= 0.3 is 11.9 Å². The van der Waals surface area contributed by atoms with E-state index >= 15 is 0 Å². The molecule has 2 spiro atoms. The van der Waals surface area contributed by atoms with Crippen LogP contribution in [-0.4, -0.2) is 36.7 Å². The van der Waals surface area contributed by atoms with Gasteiger partial charge in [0.2, 0.25) is 0 Å². The molecule has 2 bridgehead atoms. The molecule has 5 fully saturated rings. The van der Waals surface area contributed by atoms with Gasteiger partial charge in [-0.3, -0.25) is 19.2 Å². The molecular formula is C22H28O6. The third-order valence-corrected chi connectivity index (χ3v) is 8.57. The summed E-state index contributed by atoms with van der Waals surface area (Å²) in [5.74, 6) is -0.490. The third kappa shape index (κ3) is 2.32. The number of ether oxygens (including phenoxy) is 2. The minimum absolute atomic E-state index is 0.0408. The van der Waals surface area contributed by atoms with Gasteiger partial charge in [0.05, 0.1) is 24.0 Å². The van der Waals surface area contributed by atoms with E-state index in [0.717, 1.165) is 19.3 Å². The summed E-state index contributed by atoms with van der Waals surface area (Å²) in [6.07, 6.45) is 6.53. The van der Waals surface area contributed by atoms with Gasteiger partial charge in [0.1, 0.15) is 11.6 Å². The summed E-state index contributed by atoms with van der Waals surface area (Å²) < 4.78 is 11.4. The van der Waals surface area contributed by atoms with Crippen molar-refractivity contribution in [3.05, 3.63) is 0 Å². The van der Waals surface area contributed by atoms with Crippen LogP contribution in [0.2, 0.25) is 0 Å². The van der Waals surface area contributed by atoms with E-state index in [9.17, 15) is 19.2 Å². The van der Waals surface area contributed by atoms with Gasteiger partial charge in [0.15, 0.2) is 0 Å². The maximum absolute atomic E-state index is 13.1. The molecule has 1 heterocycles. The molecule has 1 saturated heterocycles. The Kier molecular flexibility index (Phi) is 4.18. The first-order chi connectivity index (χ1) is 13.5. The molecule has 1 aliphatic heterocycles. The van der Waals surface area contributed by atoms with Crippen molar-refractivity contribution in [1.82, 2.24) is 0 Å². The number of hydrogen-bond donors (Lipinski definition) is 0. The summed E-state index contributed by atoms with van der Waals surface area (Å²) in [5.41, 5.74) is -1.35. The Labute approximate surface area is 164 Å². The van der Waals surface area contributed by atoms with Gasteiger partial charge in [-0.2, -0.15) is 0 Å². The number of hydrogen-bond acceptors (Lipinski definition) is 6. The molecule has 28 heavy (non-hydrogen) atoms. The largest absolute Gasteiger partial charge is 0.465 e. The van der Waals surface area contributed by atoms with Crippen LogP contribution in [0.25, 0.3) is 0 Å². The molecule has 0 amide bonds. The fourth-order valence-corrected chi connectivity index (χ4v) is 7.16. The Hall–Kier alpha value is -1.72. The lowest BCUT2D eigenvalue weighted by molar-refractivity contribution is -0.189. The Morgan fingerprint density at radius 3 is 2.39 bits per heavy atom. The number of esters is 2. The van der Waals surface area contributed by atoms with Gasteiger partial charge < -0.3 is 9.47 Å². The van der Waals surface area contributed by atoms with Gasteiger partial charge in [-0.05, 0) is 63.2 Å². The number of carbonyl (C=O) groups is 4. The summed E-state index contributed by atoms with van der Waals surface area (Å²) in [6.45, 7) is 0.528. The van der Waals surface area contributed by atoms with E-state index in [0.29, 0.717) is 44.9 Å². The molecule has 0 unspecified atom stereocenters. The normalized spacial score (nSPS) is 46.0. The van der Waals surface area contributed by atoms with Crippen molar-refractivity contribution in [2.24, 2.45) is 34.5 Å². The highest BCUT2D eigenvalue weighted by atomic mass is 16.5. The number of Topliss-reactive ketones (excluding diaryl/α,β-unsaturated/α-hetero) is 2. The number of fused-ring (bicyclic) bond motifs is 2. The second-order valence-corrected chi connectivity index (χ2v) is 9.61. The average Bonchev–Trinajstić information content (AvgIpc) is 2.63. The summed E-state index contributed by atoms with van der Waals surface area (Å²) in [4.78, 5) is 50.9. The van der Waals surface area contributed by atoms with Gasteiger partial charge in [0, 0.05) is 24.7 Å². The van der Waals surface area contributed by atoms with E-state index in [1.165, 1.54) is 0 Å². The molecule has 5 rings (SSSR count). The first-order valence-electron chi connectivity index (χ1n) is 10.9. The van der Waals surface area contributed by atoms with Crippen LogP contribution in [0.5, 0.6) is 0 Å². The lowest BCUT2D eigenvalue weighted by Crippen LogP contribution is -2.60. The molecule has 6 heteroatoms. The molecule has 4 saturated carbocycles. The second-order valence-electron chi connectivity index (χ2n) is 9.61. The van der Waals surface area contributed by atoms with Crippen LogP contribution >= 0.6 is 0 Å². The van der Waals surface area contributed by atoms with Crippen LogP contribution in [-0.2, 0) is 28.7 Å². The molecule has 0 radical (unpaired) electrons. The van der Waals surface area contributed by atoms with E-state index in [2.05, 4.69) is 0 Å². The van der Waals surface area contributed by atoms with E-state index in [1.54, 1.807) is 0 Å². The molecular weight excluding hydrogens is 360 g/mol. The standard InChI is InChI=1S/C22H28O6/c23-16-3-2-8-22-14(11-15(16)22)6-10-27-19(25)21-7-1-4-17(24)18(21)13(12-21)5-9-28-20(22)26/h13-15,18H,1-12H2/t13-,14-,15+,18-,21+,22-/m1/s1. The molecule has 4 aliphatic carbocycles. The van der Waals surface area contributed by atoms with E-state index in [1.807, 2.05) is 0 Å². The Morgan fingerprint density at radius 1 is 0.821 bits per heavy atom. The van der Waals surface area contributed by atoms with Crippen molar-refractivity contribution >= 4 is 23.5 Å². The minimum atomic E-state index is -0.709. The van der Waals surface area contributed by atoms with Crippen molar-refractivity contribution in [2.75, 3.05) is 13.2 Å². The monoisotopic (exact) mass is 388 g/mol. The number of cyclic esters (lactones) is 2. The molecule has 0 aromatic carbocycles.